The van der Waals surface area contributed by atoms with E-state index in [4.69, 9.17) is 9.47 Å². The summed E-state index contributed by atoms with van der Waals surface area (Å²) in [6, 6.07) is 15.4. The minimum absolute atomic E-state index is 0.0329. The van der Waals surface area contributed by atoms with Crippen LogP contribution in [0, 0.1) is 0 Å². The molecule has 0 unspecified atom stereocenters. The summed E-state index contributed by atoms with van der Waals surface area (Å²) in [5, 5.41) is 0. The lowest BCUT2D eigenvalue weighted by Crippen LogP contribution is -2.46. The first-order chi connectivity index (χ1) is 10.3. The van der Waals surface area contributed by atoms with E-state index < -0.39 is 6.10 Å². The summed E-state index contributed by atoms with van der Waals surface area (Å²) < 4.78 is 11.4. The van der Waals surface area contributed by atoms with Crippen LogP contribution in [0.15, 0.2) is 48.5 Å². The fourth-order valence-corrected chi connectivity index (χ4v) is 2.88. The summed E-state index contributed by atoms with van der Waals surface area (Å²) in [7, 11) is 0. The van der Waals surface area contributed by atoms with Crippen molar-refractivity contribution < 1.29 is 14.3 Å². The van der Waals surface area contributed by atoms with E-state index in [9.17, 15) is 4.79 Å². The second kappa shape index (κ2) is 4.81. The Morgan fingerprint density at radius 3 is 2.71 bits per heavy atom. The van der Waals surface area contributed by atoms with Crippen molar-refractivity contribution in [1.82, 2.24) is 0 Å². The molecule has 2 aliphatic heterocycles. The number of anilines is 1. The summed E-state index contributed by atoms with van der Waals surface area (Å²) >= 11 is 0. The van der Waals surface area contributed by atoms with Gasteiger partial charge in [0, 0.05) is 12.2 Å². The number of benzene rings is 2. The molecule has 2 aliphatic rings. The molecule has 4 rings (SSSR count). The maximum Gasteiger partial charge on any atom is 0.271 e. The second-order valence-corrected chi connectivity index (χ2v) is 5.23. The Morgan fingerprint density at radius 1 is 1.05 bits per heavy atom. The first-order valence-electron chi connectivity index (χ1n) is 7.11. The predicted molar refractivity (Wildman–Crippen MR) is 78.9 cm³/mol. The first-order valence-corrected chi connectivity index (χ1v) is 7.11. The lowest BCUT2D eigenvalue weighted by molar-refractivity contribution is -0.127. The van der Waals surface area contributed by atoms with E-state index in [1.807, 2.05) is 42.5 Å². The summed E-state index contributed by atoms with van der Waals surface area (Å²) in [5.74, 6) is 1.30. The molecule has 0 aromatic heterocycles. The third-order valence-electron chi connectivity index (χ3n) is 3.94. The number of fused-ring (bicyclic) bond motifs is 2. The van der Waals surface area contributed by atoms with Crippen molar-refractivity contribution in [2.24, 2.45) is 0 Å². The van der Waals surface area contributed by atoms with Crippen LogP contribution in [-0.2, 0) is 11.2 Å². The van der Waals surface area contributed by atoms with Crippen molar-refractivity contribution in [2.75, 3.05) is 18.1 Å². The van der Waals surface area contributed by atoms with Crippen LogP contribution in [0.1, 0.15) is 5.56 Å². The van der Waals surface area contributed by atoms with E-state index in [0.717, 1.165) is 12.1 Å². The third-order valence-corrected chi connectivity index (χ3v) is 3.94. The van der Waals surface area contributed by atoms with E-state index in [1.165, 1.54) is 5.56 Å². The molecule has 2 heterocycles. The molecular formula is C17H15NO3. The number of amides is 1. The van der Waals surface area contributed by atoms with Crippen molar-refractivity contribution >= 4 is 11.6 Å². The molecule has 0 aliphatic carbocycles. The highest BCUT2D eigenvalue weighted by Crippen LogP contribution is 2.33. The van der Waals surface area contributed by atoms with Crippen molar-refractivity contribution in [3.8, 4) is 11.5 Å². The Labute approximate surface area is 122 Å². The third kappa shape index (κ3) is 2.03. The Morgan fingerprint density at radius 2 is 1.81 bits per heavy atom. The number of hydrogen-bond donors (Lipinski definition) is 0. The van der Waals surface area contributed by atoms with Gasteiger partial charge in [-0.1, -0.05) is 30.3 Å². The van der Waals surface area contributed by atoms with Gasteiger partial charge in [0.2, 0.25) is 6.10 Å². The van der Waals surface area contributed by atoms with Gasteiger partial charge in [0.15, 0.2) is 11.5 Å². The van der Waals surface area contributed by atoms with Gasteiger partial charge in [-0.25, -0.2) is 0 Å². The van der Waals surface area contributed by atoms with Gasteiger partial charge in [0.05, 0.1) is 0 Å². The average Bonchev–Trinajstić information content (AvgIpc) is 2.98. The second-order valence-electron chi connectivity index (χ2n) is 5.23. The summed E-state index contributed by atoms with van der Waals surface area (Å²) in [6.07, 6.45) is 0.317. The SMILES string of the molecule is O=C([C@H]1COc2ccccc2O1)N1CCc2ccccc21. The van der Waals surface area contributed by atoms with Crippen LogP contribution < -0.4 is 14.4 Å². The van der Waals surface area contributed by atoms with Gasteiger partial charge in [-0.15, -0.1) is 0 Å². The summed E-state index contributed by atoms with van der Waals surface area (Å²) in [6.45, 7) is 0.966. The number of rotatable bonds is 1. The molecule has 0 spiro atoms. The van der Waals surface area contributed by atoms with Crippen molar-refractivity contribution in [3.05, 3.63) is 54.1 Å². The van der Waals surface area contributed by atoms with Crippen LogP contribution in [-0.4, -0.2) is 25.2 Å². The molecular weight excluding hydrogens is 266 g/mol. The summed E-state index contributed by atoms with van der Waals surface area (Å²) in [4.78, 5) is 14.5. The maximum absolute atomic E-state index is 12.7. The smallest absolute Gasteiger partial charge is 0.271 e. The molecule has 0 saturated carbocycles. The predicted octanol–water partition coefficient (Wildman–Crippen LogP) is 2.42. The number of carbonyl (C=O) groups excluding carboxylic acids is 1. The van der Waals surface area contributed by atoms with Crippen LogP contribution in [0.3, 0.4) is 0 Å². The van der Waals surface area contributed by atoms with Gasteiger partial charge >= 0.3 is 0 Å². The normalized spacial score (nSPS) is 19.2. The molecule has 0 bridgehead atoms. The van der Waals surface area contributed by atoms with Gasteiger partial charge in [0.1, 0.15) is 6.61 Å². The topological polar surface area (TPSA) is 38.8 Å². The van der Waals surface area contributed by atoms with E-state index in [0.29, 0.717) is 18.0 Å². The zero-order valence-electron chi connectivity index (χ0n) is 11.5. The van der Waals surface area contributed by atoms with Gasteiger partial charge < -0.3 is 14.4 Å². The molecule has 0 N–H and O–H groups in total. The number of nitrogens with zero attached hydrogens (tertiary/aromatic N) is 1. The van der Waals surface area contributed by atoms with E-state index >= 15 is 0 Å². The van der Waals surface area contributed by atoms with Crippen LogP contribution in [0.2, 0.25) is 0 Å². The van der Waals surface area contributed by atoms with Gasteiger partial charge in [0.25, 0.3) is 5.91 Å². The maximum atomic E-state index is 12.7. The minimum atomic E-state index is -0.578. The van der Waals surface area contributed by atoms with Gasteiger partial charge in [-0.3, -0.25) is 4.79 Å². The fraction of sp³-hybridized carbons (Fsp3) is 0.235. The molecule has 0 radical (unpaired) electrons. The van der Waals surface area contributed by atoms with Gasteiger partial charge in [-0.2, -0.15) is 0 Å². The highest BCUT2D eigenvalue weighted by Gasteiger charge is 2.34. The molecule has 2 aromatic carbocycles. The molecule has 1 amide bonds. The van der Waals surface area contributed by atoms with Crippen LogP contribution in [0.5, 0.6) is 11.5 Å². The number of hydrogen-bond acceptors (Lipinski definition) is 3. The number of ether oxygens (including phenoxy) is 2. The van der Waals surface area contributed by atoms with Crippen molar-refractivity contribution in [3.63, 3.8) is 0 Å². The Bertz CT molecular complexity index is 698. The van der Waals surface area contributed by atoms with Gasteiger partial charge in [-0.05, 0) is 30.2 Å². The quantitative estimate of drug-likeness (QED) is 0.805. The first kappa shape index (κ1) is 12.3. The van der Waals surface area contributed by atoms with E-state index in [1.54, 1.807) is 4.90 Å². The molecule has 106 valence electrons. The van der Waals surface area contributed by atoms with Crippen LogP contribution >= 0.6 is 0 Å². The van der Waals surface area contributed by atoms with Crippen LogP contribution in [0.25, 0.3) is 0 Å². The molecule has 21 heavy (non-hydrogen) atoms. The highest BCUT2D eigenvalue weighted by molar-refractivity contribution is 5.98. The highest BCUT2D eigenvalue weighted by atomic mass is 16.6. The Balaban J connectivity index is 1.57. The van der Waals surface area contributed by atoms with Crippen LogP contribution in [0.4, 0.5) is 5.69 Å². The lowest BCUT2D eigenvalue weighted by Gasteiger charge is -2.29. The zero-order valence-corrected chi connectivity index (χ0v) is 11.5. The molecule has 4 heteroatoms. The molecule has 2 aromatic rings. The largest absolute Gasteiger partial charge is 0.485 e. The van der Waals surface area contributed by atoms with E-state index in [-0.39, 0.29) is 12.5 Å². The van der Waals surface area contributed by atoms with E-state index in [2.05, 4.69) is 6.07 Å². The zero-order chi connectivity index (χ0) is 14.2. The number of carbonyl (C=O) groups is 1. The molecule has 1 atom stereocenters. The molecule has 0 saturated heterocycles. The van der Waals surface area contributed by atoms with Crippen molar-refractivity contribution in [1.29, 1.82) is 0 Å². The molecule has 0 fully saturated rings. The van der Waals surface area contributed by atoms with Crippen molar-refractivity contribution in [2.45, 2.75) is 12.5 Å². The lowest BCUT2D eigenvalue weighted by atomic mass is 10.2. The number of para-hydroxylation sites is 3. The standard InChI is InChI=1S/C17H15NO3/c19-17(18-10-9-12-5-1-2-6-13(12)18)16-11-20-14-7-3-4-8-15(14)21-16/h1-8,16H,9-11H2/t16-/m1/s1. The average molecular weight is 281 g/mol. The minimum Gasteiger partial charge on any atom is -0.485 e. The summed E-state index contributed by atoms with van der Waals surface area (Å²) in [5.41, 5.74) is 2.20. The Kier molecular flexibility index (Phi) is 2.81. The molecule has 4 nitrogen and oxygen atoms in total. The fourth-order valence-electron chi connectivity index (χ4n) is 2.88. The Hall–Kier alpha value is -2.49. The monoisotopic (exact) mass is 281 g/mol.